The van der Waals surface area contributed by atoms with E-state index < -0.39 is 0 Å². The average molecular weight is 316 g/mol. The third-order valence-electron chi connectivity index (χ3n) is 3.85. The molecule has 0 saturated heterocycles. The average Bonchev–Trinajstić information content (AvgIpc) is 3.03. The highest BCUT2D eigenvalue weighted by atomic mass is 35.5. The molecule has 2 aromatic rings. The van der Waals surface area contributed by atoms with Crippen molar-refractivity contribution in [2.75, 3.05) is 10.6 Å². The van der Waals surface area contributed by atoms with Crippen LogP contribution in [0.3, 0.4) is 0 Å². The first-order valence-electron chi connectivity index (χ1n) is 7.50. The summed E-state index contributed by atoms with van der Waals surface area (Å²) < 4.78 is 0. The Kier molecular flexibility index (Phi) is 4.59. The first-order chi connectivity index (χ1) is 10.7. The summed E-state index contributed by atoms with van der Waals surface area (Å²) in [4.78, 5) is 16.5. The molecule has 1 aliphatic carbocycles. The third kappa shape index (κ3) is 3.57. The number of aromatic nitrogens is 1. The van der Waals surface area contributed by atoms with Gasteiger partial charge in [0.05, 0.1) is 22.0 Å². The molecule has 114 valence electrons. The lowest BCUT2D eigenvalue weighted by molar-refractivity contribution is 0.102. The molecule has 5 heteroatoms. The minimum atomic E-state index is -0.212. The molecule has 22 heavy (non-hydrogen) atoms. The number of amides is 1. The Morgan fingerprint density at radius 1 is 1.18 bits per heavy atom. The molecule has 1 fully saturated rings. The molecule has 4 nitrogen and oxygen atoms in total. The quantitative estimate of drug-likeness (QED) is 0.882. The Hall–Kier alpha value is -2.07. The van der Waals surface area contributed by atoms with Gasteiger partial charge in [-0.15, -0.1) is 0 Å². The van der Waals surface area contributed by atoms with Crippen molar-refractivity contribution in [2.24, 2.45) is 0 Å². The molecule has 0 radical (unpaired) electrons. The maximum Gasteiger partial charge on any atom is 0.257 e. The van der Waals surface area contributed by atoms with Gasteiger partial charge >= 0.3 is 0 Å². The number of hydrogen-bond donors (Lipinski definition) is 2. The molecule has 1 aromatic heterocycles. The number of benzene rings is 1. The van der Waals surface area contributed by atoms with Crippen LogP contribution in [0.2, 0.25) is 5.02 Å². The molecule has 3 rings (SSSR count). The van der Waals surface area contributed by atoms with Gasteiger partial charge in [0.2, 0.25) is 0 Å². The lowest BCUT2D eigenvalue weighted by atomic mass is 10.2. The largest absolute Gasteiger partial charge is 0.381 e. The lowest BCUT2D eigenvalue weighted by Crippen LogP contribution is -2.16. The first kappa shape index (κ1) is 14.9. The number of rotatable bonds is 4. The predicted octanol–water partition coefficient (Wildman–Crippen LogP) is 4.34. The molecule has 1 aromatic carbocycles. The second-order valence-corrected chi connectivity index (χ2v) is 5.93. The minimum absolute atomic E-state index is 0.212. The number of pyridine rings is 1. The summed E-state index contributed by atoms with van der Waals surface area (Å²) >= 11 is 6.06. The number of anilines is 2. The second kappa shape index (κ2) is 6.79. The standard InChI is InChI=1S/C17H18ClN3O/c18-15-7-3-4-8-16(15)21-17(22)12-9-14(11-19-10-12)20-13-5-1-2-6-13/h3-4,7-11,13,20H,1-2,5-6H2,(H,21,22). The smallest absolute Gasteiger partial charge is 0.257 e. The van der Waals surface area contributed by atoms with Crippen LogP contribution in [0.4, 0.5) is 11.4 Å². The van der Waals surface area contributed by atoms with E-state index in [4.69, 9.17) is 11.6 Å². The molecule has 0 aliphatic heterocycles. The Balaban J connectivity index is 1.71. The molecule has 1 saturated carbocycles. The maximum atomic E-state index is 12.3. The number of carbonyl (C=O) groups excluding carboxylic acids is 1. The summed E-state index contributed by atoms with van der Waals surface area (Å²) in [7, 11) is 0. The van der Waals surface area contributed by atoms with Crippen LogP contribution >= 0.6 is 11.6 Å². The van der Waals surface area contributed by atoms with Gasteiger partial charge in [0.15, 0.2) is 0 Å². The van der Waals surface area contributed by atoms with Gasteiger partial charge in [0, 0.05) is 18.4 Å². The van der Waals surface area contributed by atoms with Crippen molar-refractivity contribution in [1.29, 1.82) is 0 Å². The van der Waals surface area contributed by atoms with E-state index in [1.165, 1.54) is 25.7 Å². The van der Waals surface area contributed by atoms with Crippen LogP contribution in [0.5, 0.6) is 0 Å². The van der Waals surface area contributed by atoms with Crippen molar-refractivity contribution in [3.05, 3.63) is 53.3 Å². The zero-order valence-electron chi connectivity index (χ0n) is 12.2. The Morgan fingerprint density at radius 3 is 2.73 bits per heavy atom. The van der Waals surface area contributed by atoms with E-state index in [1.54, 1.807) is 24.5 Å². The summed E-state index contributed by atoms with van der Waals surface area (Å²) in [5.74, 6) is -0.212. The van der Waals surface area contributed by atoms with E-state index in [1.807, 2.05) is 18.2 Å². The summed E-state index contributed by atoms with van der Waals surface area (Å²) in [6.07, 6.45) is 8.19. The van der Waals surface area contributed by atoms with Crippen molar-refractivity contribution in [2.45, 2.75) is 31.7 Å². The van der Waals surface area contributed by atoms with Crippen molar-refractivity contribution >= 4 is 28.9 Å². The Morgan fingerprint density at radius 2 is 1.95 bits per heavy atom. The van der Waals surface area contributed by atoms with E-state index in [0.29, 0.717) is 22.3 Å². The number of nitrogens with one attached hydrogen (secondary N) is 2. The van der Waals surface area contributed by atoms with Gasteiger partial charge < -0.3 is 10.6 Å². The van der Waals surface area contributed by atoms with Crippen LogP contribution in [0.25, 0.3) is 0 Å². The van der Waals surface area contributed by atoms with Crippen molar-refractivity contribution in [1.82, 2.24) is 4.98 Å². The first-order valence-corrected chi connectivity index (χ1v) is 7.87. The predicted molar refractivity (Wildman–Crippen MR) is 89.5 cm³/mol. The second-order valence-electron chi connectivity index (χ2n) is 5.52. The molecule has 2 N–H and O–H groups in total. The van der Waals surface area contributed by atoms with Gasteiger partial charge in [-0.25, -0.2) is 0 Å². The molecule has 1 amide bonds. The van der Waals surface area contributed by atoms with Gasteiger partial charge in [0.25, 0.3) is 5.91 Å². The van der Waals surface area contributed by atoms with E-state index in [0.717, 1.165) is 5.69 Å². The van der Waals surface area contributed by atoms with E-state index in [9.17, 15) is 4.79 Å². The number of para-hydroxylation sites is 1. The lowest BCUT2D eigenvalue weighted by Gasteiger charge is -2.14. The van der Waals surface area contributed by atoms with Gasteiger partial charge in [-0.3, -0.25) is 9.78 Å². The van der Waals surface area contributed by atoms with E-state index in [2.05, 4.69) is 15.6 Å². The van der Waals surface area contributed by atoms with E-state index >= 15 is 0 Å². The fraction of sp³-hybridized carbons (Fsp3) is 0.294. The third-order valence-corrected chi connectivity index (χ3v) is 4.18. The summed E-state index contributed by atoms with van der Waals surface area (Å²) in [6.45, 7) is 0. The SMILES string of the molecule is O=C(Nc1ccccc1Cl)c1cncc(NC2CCCC2)c1. The molecule has 0 atom stereocenters. The van der Waals surface area contributed by atoms with Crippen LogP contribution in [0.15, 0.2) is 42.7 Å². The molecule has 0 unspecified atom stereocenters. The molecule has 1 aliphatic rings. The molecule has 0 bridgehead atoms. The van der Waals surface area contributed by atoms with Crippen LogP contribution in [0, 0.1) is 0 Å². The van der Waals surface area contributed by atoms with Crippen LogP contribution in [-0.4, -0.2) is 16.9 Å². The molecular formula is C17H18ClN3O. The molecule has 0 spiro atoms. The highest BCUT2D eigenvalue weighted by molar-refractivity contribution is 6.33. The Bertz CT molecular complexity index is 668. The number of carbonyl (C=O) groups is 1. The monoisotopic (exact) mass is 315 g/mol. The topological polar surface area (TPSA) is 54.0 Å². The van der Waals surface area contributed by atoms with Gasteiger partial charge in [-0.2, -0.15) is 0 Å². The summed E-state index contributed by atoms with van der Waals surface area (Å²) in [5.41, 5.74) is 2.00. The maximum absolute atomic E-state index is 12.3. The van der Waals surface area contributed by atoms with Gasteiger partial charge in [-0.05, 0) is 31.0 Å². The van der Waals surface area contributed by atoms with Gasteiger partial charge in [0.1, 0.15) is 0 Å². The zero-order valence-corrected chi connectivity index (χ0v) is 12.9. The van der Waals surface area contributed by atoms with Crippen LogP contribution < -0.4 is 10.6 Å². The molecular weight excluding hydrogens is 298 g/mol. The van der Waals surface area contributed by atoms with Crippen LogP contribution in [0.1, 0.15) is 36.0 Å². The van der Waals surface area contributed by atoms with Crippen molar-refractivity contribution in [3.63, 3.8) is 0 Å². The van der Waals surface area contributed by atoms with Crippen molar-refractivity contribution < 1.29 is 4.79 Å². The minimum Gasteiger partial charge on any atom is -0.381 e. The van der Waals surface area contributed by atoms with Gasteiger partial charge in [-0.1, -0.05) is 36.6 Å². The number of nitrogens with zero attached hydrogens (tertiary/aromatic N) is 1. The van der Waals surface area contributed by atoms with E-state index in [-0.39, 0.29) is 5.91 Å². The fourth-order valence-electron chi connectivity index (χ4n) is 2.71. The Labute approximate surface area is 134 Å². The summed E-state index contributed by atoms with van der Waals surface area (Å²) in [5, 5.41) is 6.77. The molecule has 1 heterocycles. The normalized spacial score (nSPS) is 14.8. The summed E-state index contributed by atoms with van der Waals surface area (Å²) in [6, 6.07) is 9.49. The zero-order chi connectivity index (χ0) is 15.4. The highest BCUT2D eigenvalue weighted by Crippen LogP contribution is 2.23. The van der Waals surface area contributed by atoms with Crippen LogP contribution in [-0.2, 0) is 0 Å². The fourth-order valence-corrected chi connectivity index (χ4v) is 2.89. The number of halogens is 1. The highest BCUT2D eigenvalue weighted by Gasteiger charge is 2.15. The van der Waals surface area contributed by atoms with Crippen molar-refractivity contribution in [3.8, 4) is 0 Å². The number of hydrogen-bond acceptors (Lipinski definition) is 3.